The van der Waals surface area contributed by atoms with Gasteiger partial charge in [0, 0.05) is 13.1 Å². The minimum absolute atomic E-state index is 0.0170. The molecule has 1 atom stereocenters. The van der Waals surface area contributed by atoms with E-state index < -0.39 is 16.3 Å². The molecule has 1 fully saturated rings. The van der Waals surface area contributed by atoms with Gasteiger partial charge in [0.15, 0.2) is 0 Å². The van der Waals surface area contributed by atoms with Crippen molar-refractivity contribution in [3.63, 3.8) is 0 Å². The van der Waals surface area contributed by atoms with Gasteiger partial charge in [0.2, 0.25) is 0 Å². The highest BCUT2D eigenvalue weighted by Crippen LogP contribution is 2.08. The van der Waals surface area contributed by atoms with E-state index in [9.17, 15) is 8.42 Å². The van der Waals surface area contributed by atoms with Gasteiger partial charge in [-0.2, -0.15) is 17.4 Å². The lowest BCUT2D eigenvalue weighted by atomic mass is 10.1. The van der Waals surface area contributed by atoms with Crippen LogP contribution in [0.25, 0.3) is 0 Å². The fraction of sp³-hybridized carbons (Fsp3) is 0.889. The molecule has 1 heterocycles. The Hall–Kier alpha value is -0.280. The number of ether oxygens (including phenoxy) is 1. The first-order valence-corrected chi connectivity index (χ1v) is 7.34. The molecule has 1 aliphatic rings. The second-order valence-corrected chi connectivity index (χ2v) is 6.43. The Kier molecular flexibility index (Phi) is 5.26. The van der Waals surface area contributed by atoms with E-state index in [-0.39, 0.29) is 10.9 Å². The molecule has 1 saturated heterocycles. The summed E-state index contributed by atoms with van der Waals surface area (Å²) in [7, 11) is -3.54. The number of hydrogen-bond acceptors (Lipinski definition) is 4. The first-order chi connectivity index (χ1) is 7.84. The van der Waals surface area contributed by atoms with Gasteiger partial charge in [-0.3, -0.25) is 0 Å². The third-order valence-corrected chi connectivity index (χ3v) is 4.41. The lowest BCUT2D eigenvalue weighted by Gasteiger charge is -2.29. The van der Waals surface area contributed by atoms with Gasteiger partial charge < -0.3 is 10.5 Å². The van der Waals surface area contributed by atoms with Crippen LogP contribution in [0.15, 0.2) is 0 Å². The molecular weight excluding hydrogens is 262 g/mol. The minimum Gasteiger partial charge on any atom is -0.392 e. The number of nitrogens with one attached hydrogen (secondary N) is 1. The van der Waals surface area contributed by atoms with Crippen LogP contribution in [0.5, 0.6) is 0 Å². The van der Waals surface area contributed by atoms with E-state index in [1.54, 1.807) is 0 Å². The Bertz CT molecular complexity index is 364. The molecule has 1 rings (SSSR count). The van der Waals surface area contributed by atoms with E-state index in [0.717, 1.165) is 0 Å². The summed E-state index contributed by atoms with van der Waals surface area (Å²) in [5, 5.41) is 0. The first-order valence-electron chi connectivity index (χ1n) is 5.49. The Morgan fingerprint density at radius 3 is 2.35 bits per heavy atom. The van der Waals surface area contributed by atoms with E-state index >= 15 is 0 Å². The third kappa shape index (κ3) is 4.14. The Labute approximate surface area is 108 Å². The van der Waals surface area contributed by atoms with Gasteiger partial charge in [0.25, 0.3) is 10.2 Å². The zero-order valence-electron chi connectivity index (χ0n) is 10.0. The summed E-state index contributed by atoms with van der Waals surface area (Å²) in [6, 6.07) is -0.516. The summed E-state index contributed by atoms with van der Waals surface area (Å²) in [4.78, 5) is 0.164. The van der Waals surface area contributed by atoms with Gasteiger partial charge in [0.05, 0.1) is 24.2 Å². The Morgan fingerprint density at radius 2 is 1.94 bits per heavy atom. The van der Waals surface area contributed by atoms with Crippen LogP contribution in [0.1, 0.15) is 13.8 Å². The molecule has 6 nitrogen and oxygen atoms in total. The van der Waals surface area contributed by atoms with Crippen molar-refractivity contribution in [3.8, 4) is 0 Å². The topological polar surface area (TPSA) is 84.7 Å². The maximum atomic E-state index is 12.0. The number of morpholine rings is 1. The third-order valence-electron chi connectivity index (χ3n) is 2.56. The van der Waals surface area contributed by atoms with Crippen LogP contribution in [0.2, 0.25) is 0 Å². The second-order valence-electron chi connectivity index (χ2n) is 4.26. The maximum absolute atomic E-state index is 12.0. The fourth-order valence-corrected chi connectivity index (χ4v) is 3.45. The fourth-order valence-electron chi connectivity index (χ4n) is 1.54. The Balaban J connectivity index is 2.73. The Morgan fingerprint density at radius 1 is 1.41 bits per heavy atom. The van der Waals surface area contributed by atoms with E-state index in [1.165, 1.54) is 4.31 Å². The lowest BCUT2D eigenvalue weighted by molar-refractivity contribution is 0.0723. The van der Waals surface area contributed by atoms with Crippen molar-refractivity contribution in [2.75, 3.05) is 26.3 Å². The highest BCUT2D eigenvalue weighted by molar-refractivity contribution is 7.87. The molecule has 3 N–H and O–H groups in total. The molecule has 0 bridgehead atoms. The summed E-state index contributed by atoms with van der Waals surface area (Å²) < 4.78 is 33.1. The summed E-state index contributed by atoms with van der Waals surface area (Å²) in [6.45, 7) is 5.28. The van der Waals surface area contributed by atoms with E-state index in [4.69, 9.17) is 22.7 Å². The van der Waals surface area contributed by atoms with Crippen molar-refractivity contribution in [3.05, 3.63) is 0 Å². The van der Waals surface area contributed by atoms with Crippen molar-refractivity contribution in [1.82, 2.24) is 9.03 Å². The van der Waals surface area contributed by atoms with Crippen molar-refractivity contribution in [2.45, 2.75) is 19.9 Å². The van der Waals surface area contributed by atoms with E-state index in [2.05, 4.69) is 4.72 Å². The number of nitrogens with zero attached hydrogens (tertiary/aromatic N) is 1. The molecule has 100 valence electrons. The van der Waals surface area contributed by atoms with Gasteiger partial charge in [0.1, 0.15) is 0 Å². The van der Waals surface area contributed by atoms with Crippen LogP contribution in [-0.2, 0) is 14.9 Å². The van der Waals surface area contributed by atoms with Crippen LogP contribution in [-0.4, -0.2) is 50.1 Å². The maximum Gasteiger partial charge on any atom is 0.280 e. The van der Waals surface area contributed by atoms with E-state index in [0.29, 0.717) is 26.3 Å². The zero-order valence-corrected chi connectivity index (χ0v) is 11.7. The molecule has 0 aromatic rings. The van der Waals surface area contributed by atoms with Gasteiger partial charge in [-0.15, -0.1) is 0 Å². The molecule has 0 saturated carbocycles. The largest absolute Gasteiger partial charge is 0.392 e. The van der Waals surface area contributed by atoms with Crippen molar-refractivity contribution >= 4 is 27.4 Å². The molecule has 0 spiro atoms. The van der Waals surface area contributed by atoms with Crippen LogP contribution >= 0.6 is 12.2 Å². The average molecular weight is 281 g/mol. The number of hydrogen-bond donors (Lipinski definition) is 2. The molecule has 0 radical (unpaired) electrons. The van der Waals surface area contributed by atoms with Gasteiger partial charge in [-0.05, 0) is 5.92 Å². The molecule has 1 unspecified atom stereocenters. The number of thiocarbonyl (C=S) groups is 1. The molecule has 8 heteroatoms. The summed E-state index contributed by atoms with van der Waals surface area (Å²) in [5.74, 6) is 0.0170. The van der Waals surface area contributed by atoms with Crippen LogP contribution < -0.4 is 10.5 Å². The van der Waals surface area contributed by atoms with Gasteiger partial charge in [-0.1, -0.05) is 26.1 Å². The van der Waals surface area contributed by atoms with Crippen molar-refractivity contribution < 1.29 is 13.2 Å². The van der Waals surface area contributed by atoms with Crippen molar-refractivity contribution in [2.24, 2.45) is 11.7 Å². The standard InChI is InChI=1S/C9H19N3O3S2/c1-7(2)8(9(10)16)11-17(13,14)12-3-5-15-6-4-12/h7-8,11H,3-6H2,1-2H3,(H2,10,16). The molecule has 0 aromatic carbocycles. The minimum atomic E-state index is -3.54. The first kappa shape index (κ1) is 14.8. The molecule has 0 aliphatic carbocycles. The molecule has 1 aliphatic heterocycles. The SMILES string of the molecule is CC(C)C(NS(=O)(=O)N1CCOCC1)C(N)=S. The summed E-state index contributed by atoms with van der Waals surface area (Å²) in [5.41, 5.74) is 5.54. The quantitative estimate of drug-likeness (QED) is 0.661. The molecule has 0 aromatic heterocycles. The van der Waals surface area contributed by atoms with Crippen molar-refractivity contribution in [1.29, 1.82) is 0 Å². The molecule has 0 amide bonds. The summed E-state index contributed by atoms with van der Waals surface area (Å²) >= 11 is 4.87. The highest BCUT2D eigenvalue weighted by Gasteiger charge is 2.29. The second kappa shape index (κ2) is 6.05. The van der Waals surface area contributed by atoms with Crippen LogP contribution in [0, 0.1) is 5.92 Å². The molecule has 17 heavy (non-hydrogen) atoms. The predicted molar refractivity (Wildman–Crippen MR) is 69.9 cm³/mol. The lowest BCUT2D eigenvalue weighted by Crippen LogP contribution is -2.54. The van der Waals surface area contributed by atoms with E-state index in [1.807, 2.05) is 13.8 Å². The predicted octanol–water partition coefficient (Wildman–Crippen LogP) is -0.536. The normalized spacial score (nSPS) is 20.4. The van der Waals surface area contributed by atoms with Crippen LogP contribution in [0.3, 0.4) is 0 Å². The number of nitrogens with two attached hydrogens (primary N) is 1. The van der Waals surface area contributed by atoms with Crippen LogP contribution in [0.4, 0.5) is 0 Å². The van der Waals surface area contributed by atoms with Gasteiger partial charge >= 0.3 is 0 Å². The zero-order chi connectivity index (χ0) is 13.1. The monoisotopic (exact) mass is 281 g/mol. The summed E-state index contributed by atoms with van der Waals surface area (Å²) in [6.07, 6.45) is 0. The van der Waals surface area contributed by atoms with Gasteiger partial charge in [-0.25, -0.2) is 0 Å². The molecular formula is C9H19N3O3S2. The smallest absolute Gasteiger partial charge is 0.280 e. The average Bonchev–Trinajstić information content (AvgIpc) is 2.26. The highest BCUT2D eigenvalue weighted by atomic mass is 32.2. The number of rotatable bonds is 5.